The van der Waals surface area contributed by atoms with Crippen molar-refractivity contribution in [2.75, 3.05) is 0 Å². The molecule has 2 N–H and O–H groups in total. The molecule has 0 aliphatic carbocycles. The highest BCUT2D eigenvalue weighted by atomic mass is 79.9. The van der Waals surface area contributed by atoms with Crippen LogP contribution >= 0.6 is 15.9 Å². The van der Waals surface area contributed by atoms with E-state index < -0.39 is 17.4 Å². The standard InChI is InChI=1S/C13H16BrNO3/c1-13(2,3)10(12(17)18)15-11(16)8-4-6-9(14)7-5-8/h4-7,10H,1-3H3,(H,15,16)(H,17,18)/t10-/m0/s1. The summed E-state index contributed by atoms with van der Waals surface area (Å²) in [5.41, 5.74) is -0.106. The molecule has 4 nitrogen and oxygen atoms in total. The third kappa shape index (κ3) is 3.84. The van der Waals surface area contributed by atoms with Crippen LogP contribution in [-0.4, -0.2) is 23.0 Å². The van der Waals surface area contributed by atoms with Crippen LogP contribution in [0.25, 0.3) is 0 Å². The molecule has 1 aromatic rings. The lowest BCUT2D eigenvalue weighted by Crippen LogP contribution is -2.49. The summed E-state index contributed by atoms with van der Waals surface area (Å²) in [6.45, 7) is 5.31. The van der Waals surface area contributed by atoms with Gasteiger partial charge in [0.1, 0.15) is 6.04 Å². The highest BCUT2D eigenvalue weighted by Gasteiger charge is 2.32. The molecule has 0 spiro atoms. The summed E-state index contributed by atoms with van der Waals surface area (Å²) in [5.74, 6) is -1.42. The Morgan fingerprint density at radius 3 is 2.11 bits per heavy atom. The van der Waals surface area contributed by atoms with E-state index in [2.05, 4.69) is 21.2 Å². The lowest BCUT2D eigenvalue weighted by Gasteiger charge is -2.27. The van der Waals surface area contributed by atoms with E-state index in [1.54, 1.807) is 45.0 Å². The number of hydrogen-bond donors (Lipinski definition) is 2. The highest BCUT2D eigenvalue weighted by molar-refractivity contribution is 9.10. The van der Waals surface area contributed by atoms with Gasteiger partial charge in [-0.3, -0.25) is 4.79 Å². The lowest BCUT2D eigenvalue weighted by atomic mass is 9.86. The van der Waals surface area contributed by atoms with E-state index in [-0.39, 0.29) is 5.91 Å². The summed E-state index contributed by atoms with van der Waals surface area (Å²) in [6.07, 6.45) is 0. The Balaban J connectivity index is 2.86. The minimum Gasteiger partial charge on any atom is -0.480 e. The van der Waals surface area contributed by atoms with Gasteiger partial charge in [-0.2, -0.15) is 0 Å². The molecule has 18 heavy (non-hydrogen) atoms. The molecule has 0 aliphatic rings. The molecule has 0 aromatic heterocycles. The molecule has 1 aromatic carbocycles. The molecule has 1 amide bonds. The van der Waals surface area contributed by atoms with Gasteiger partial charge in [-0.15, -0.1) is 0 Å². The minimum absolute atomic E-state index is 0.384. The molecule has 0 unspecified atom stereocenters. The van der Waals surface area contributed by atoms with Crippen molar-refractivity contribution in [2.24, 2.45) is 5.41 Å². The predicted octanol–water partition coefficient (Wildman–Crippen LogP) is 2.68. The Morgan fingerprint density at radius 2 is 1.72 bits per heavy atom. The molecule has 0 aliphatic heterocycles. The van der Waals surface area contributed by atoms with Crippen LogP contribution in [0.3, 0.4) is 0 Å². The fraction of sp³-hybridized carbons (Fsp3) is 0.385. The molecule has 0 bridgehead atoms. The van der Waals surface area contributed by atoms with Gasteiger partial charge in [-0.25, -0.2) is 4.79 Å². The first kappa shape index (κ1) is 14.7. The van der Waals surface area contributed by atoms with Crippen molar-refractivity contribution in [3.05, 3.63) is 34.3 Å². The van der Waals surface area contributed by atoms with Crippen molar-refractivity contribution < 1.29 is 14.7 Å². The van der Waals surface area contributed by atoms with Gasteiger partial charge in [0.05, 0.1) is 0 Å². The molecule has 0 heterocycles. The fourth-order valence-electron chi connectivity index (χ4n) is 1.46. The number of carbonyl (C=O) groups excluding carboxylic acids is 1. The molecule has 5 heteroatoms. The van der Waals surface area contributed by atoms with Crippen LogP contribution in [0.5, 0.6) is 0 Å². The maximum absolute atomic E-state index is 11.9. The SMILES string of the molecule is CC(C)(C)[C@@H](NC(=O)c1ccc(Br)cc1)C(=O)O. The van der Waals surface area contributed by atoms with Gasteiger partial charge in [-0.1, -0.05) is 36.7 Å². The van der Waals surface area contributed by atoms with Crippen molar-refractivity contribution in [1.29, 1.82) is 0 Å². The molecular formula is C13H16BrNO3. The predicted molar refractivity (Wildman–Crippen MR) is 72.5 cm³/mol. The zero-order valence-corrected chi connectivity index (χ0v) is 12.1. The van der Waals surface area contributed by atoms with Crippen LogP contribution < -0.4 is 5.32 Å². The summed E-state index contributed by atoms with van der Waals surface area (Å²) in [6, 6.07) is 5.83. The molecule has 1 atom stereocenters. The van der Waals surface area contributed by atoms with Gasteiger partial charge < -0.3 is 10.4 Å². The normalized spacial score (nSPS) is 12.9. The van der Waals surface area contributed by atoms with Crippen molar-refractivity contribution in [2.45, 2.75) is 26.8 Å². The van der Waals surface area contributed by atoms with Crippen molar-refractivity contribution in [1.82, 2.24) is 5.32 Å². The van der Waals surface area contributed by atoms with Crippen molar-refractivity contribution in [3.63, 3.8) is 0 Å². The number of halogens is 1. The van der Waals surface area contributed by atoms with Crippen LogP contribution in [0.4, 0.5) is 0 Å². The maximum atomic E-state index is 11.9. The summed E-state index contributed by atoms with van der Waals surface area (Å²) in [4.78, 5) is 23.1. The Labute approximate surface area is 115 Å². The first-order valence-corrected chi connectivity index (χ1v) is 6.30. The van der Waals surface area contributed by atoms with Crippen LogP contribution in [0.1, 0.15) is 31.1 Å². The van der Waals surface area contributed by atoms with Crippen LogP contribution in [0.15, 0.2) is 28.7 Å². The van der Waals surface area contributed by atoms with Crippen LogP contribution in [0, 0.1) is 5.41 Å². The van der Waals surface area contributed by atoms with E-state index in [9.17, 15) is 9.59 Å². The van der Waals surface area contributed by atoms with Gasteiger partial charge in [0.2, 0.25) is 0 Å². The number of rotatable bonds is 3. The summed E-state index contributed by atoms with van der Waals surface area (Å²) in [5, 5.41) is 11.7. The topological polar surface area (TPSA) is 66.4 Å². The van der Waals surface area contributed by atoms with E-state index in [4.69, 9.17) is 5.11 Å². The highest BCUT2D eigenvalue weighted by Crippen LogP contribution is 2.20. The Kier molecular flexibility index (Phi) is 4.51. The van der Waals surface area contributed by atoms with E-state index in [0.29, 0.717) is 5.56 Å². The van der Waals surface area contributed by atoms with Gasteiger partial charge in [0, 0.05) is 10.0 Å². The van der Waals surface area contributed by atoms with E-state index in [0.717, 1.165) is 4.47 Å². The number of nitrogens with one attached hydrogen (secondary N) is 1. The molecular weight excluding hydrogens is 298 g/mol. The molecule has 98 valence electrons. The Morgan fingerprint density at radius 1 is 1.22 bits per heavy atom. The number of hydrogen-bond acceptors (Lipinski definition) is 2. The molecule has 1 rings (SSSR count). The quantitative estimate of drug-likeness (QED) is 0.901. The first-order valence-electron chi connectivity index (χ1n) is 5.51. The average Bonchev–Trinajstić information content (AvgIpc) is 2.24. The second kappa shape index (κ2) is 5.52. The molecule has 0 radical (unpaired) electrons. The zero-order chi connectivity index (χ0) is 13.9. The fourth-order valence-corrected chi connectivity index (χ4v) is 1.73. The van der Waals surface area contributed by atoms with Crippen molar-refractivity contribution >= 4 is 27.8 Å². The number of amides is 1. The summed E-state index contributed by atoms with van der Waals surface area (Å²) < 4.78 is 0.865. The van der Waals surface area contributed by atoms with Gasteiger partial charge >= 0.3 is 5.97 Å². The Hall–Kier alpha value is -1.36. The molecule has 0 fully saturated rings. The molecule has 0 saturated carbocycles. The van der Waals surface area contributed by atoms with E-state index >= 15 is 0 Å². The largest absolute Gasteiger partial charge is 0.480 e. The smallest absolute Gasteiger partial charge is 0.326 e. The maximum Gasteiger partial charge on any atom is 0.326 e. The average molecular weight is 314 g/mol. The number of carboxylic acid groups (broad SMARTS) is 1. The monoisotopic (exact) mass is 313 g/mol. The number of carboxylic acids is 1. The second-order valence-corrected chi connectivity index (χ2v) is 6.03. The van der Waals surface area contributed by atoms with Gasteiger partial charge in [0.15, 0.2) is 0 Å². The number of benzene rings is 1. The van der Waals surface area contributed by atoms with Gasteiger partial charge in [0.25, 0.3) is 5.91 Å². The zero-order valence-electron chi connectivity index (χ0n) is 10.5. The third-order valence-corrected chi connectivity index (χ3v) is 3.02. The Bertz CT molecular complexity index is 448. The van der Waals surface area contributed by atoms with E-state index in [1.807, 2.05) is 0 Å². The molecule has 0 saturated heterocycles. The minimum atomic E-state index is -1.03. The second-order valence-electron chi connectivity index (χ2n) is 5.12. The van der Waals surface area contributed by atoms with E-state index in [1.165, 1.54) is 0 Å². The van der Waals surface area contributed by atoms with Crippen LogP contribution in [-0.2, 0) is 4.79 Å². The van der Waals surface area contributed by atoms with Crippen LogP contribution in [0.2, 0.25) is 0 Å². The number of carbonyl (C=O) groups is 2. The first-order chi connectivity index (χ1) is 8.21. The number of aliphatic carboxylic acids is 1. The summed E-state index contributed by atoms with van der Waals surface area (Å²) >= 11 is 3.27. The van der Waals surface area contributed by atoms with Gasteiger partial charge in [-0.05, 0) is 29.7 Å². The lowest BCUT2D eigenvalue weighted by molar-refractivity contribution is -0.142. The van der Waals surface area contributed by atoms with Crippen molar-refractivity contribution in [3.8, 4) is 0 Å². The summed E-state index contributed by atoms with van der Waals surface area (Å²) in [7, 11) is 0. The third-order valence-electron chi connectivity index (χ3n) is 2.49.